The van der Waals surface area contributed by atoms with Crippen molar-refractivity contribution in [2.45, 2.75) is 31.3 Å². The van der Waals surface area contributed by atoms with Crippen molar-refractivity contribution in [2.24, 2.45) is 0 Å². The van der Waals surface area contributed by atoms with Crippen LogP contribution in [0.2, 0.25) is 0 Å². The SMILES string of the molecule is CCCC(=O)NS(=O)(=O)c1ccccc1NC(=O)c1cccc(OCc2cccs2)c1. The number of carbonyl (C=O) groups excluding carboxylic acids is 2. The topological polar surface area (TPSA) is 102 Å². The summed E-state index contributed by atoms with van der Waals surface area (Å²) < 4.78 is 33.0. The lowest BCUT2D eigenvalue weighted by atomic mass is 10.2. The summed E-state index contributed by atoms with van der Waals surface area (Å²) in [5, 5.41) is 4.57. The molecule has 0 aliphatic carbocycles. The largest absolute Gasteiger partial charge is 0.488 e. The lowest BCUT2D eigenvalue weighted by Gasteiger charge is -2.13. The Balaban J connectivity index is 1.75. The molecule has 0 fully saturated rings. The van der Waals surface area contributed by atoms with Gasteiger partial charge in [0, 0.05) is 16.9 Å². The quantitative estimate of drug-likeness (QED) is 0.501. The first-order chi connectivity index (χ1) is 14.9. The molecule has 0 atom stereocenters. The van der Waals surface area contributed by atoms with Gasteiger partial charge in [-0.25, -0.2) is 13.1 Å². The lowest BCUT2D eigenvalue weighted by molar-refractivity contribution is -0.119. The van der Waals surface area contributed by atoms with E-state index < -0.39 is 21.8 Å². The Labute approximate surface area is 185 Å². The van der Waals surface area contributed by atoms with E-state index in [1.165, 1.54) is 18.2 Å². The highest BCUT2D eigenvalue weighted by molar-refractivity contribution is 7.90. The van der Waals surface area contributed by atoms with Crippen LogP contribution in [0.1, 0.15) is 35.0 Å². The van der Waals surface area contributed by atoms with Gasteiger partial charge in [-0.2, -0.15) is 0 Å². The van der Waals surface area contributed by atoms with Crippen LogP contribution in [0.25, 0.3) is 0 Å². The Hall–Kier alpha value is -3.17. The van der Waals surface area contributed by atoms with Gasteiger partial charge in [-0.15, -0.1) is 11.3 Å². The third-order valence-electron chi connectivity index (χ3n) is 4.21. The minimum Gasteiger partial charge on any atom is -0.488 e. The number of rotatable bonds is 9. The second-order valence-corrected chi connectivity index (χ2v) is 9.31. The molecule has 9 heteroatoms. The monoisotopic (exact) mass is 458 g/mol. The van der Waals surface area contributed by atoms with E-state index in [4.69, 9.17) is 4.74 Å². The summed E-state index contributed by atoms with van der Waals surface area (Å²) in [5.74, 6) is -0.572. The molecule has 0 saturated heterocycles. The number of sulfonamides is 1. The van der Waals surface area contributed by atoms with E-state index in [-0.39, 0.29) is 17.0 Å². The molecule has 1 aromatic heterocycles. The maximum absolute atomic E-state index is 12.8. The minimum atomic E-state index is -4.12. The van der Waals surface area contributed by atoms with Gasteiger partial charge in [0.1, 0.15) is 17.3 Å². The summed E-state index contributed by atoms with van der Waals surface area (Å²) in [5.41, 5.74) is 0.389. The number of carbonyl (C=O) groups is 2. The molecule has 0 aliphatic rings. The van der Waals surface area contributed by atoms with Crippen LogP contribution in [0.4, 0.5) is 5.69 Å². The van der Waals surface area contributed by atoms with Crippen LogP contribution in [-0.4, -0.2) is 20.2 Å². The number of benzene rings is 2. The molecule has 2 aromatic carbocycles. The summed E-state index contributed by atoms with van der Waals surface area (Å²) in [7, 11) is -4.12. The van der Waals surface area contributed by atoms with E-state index >= 15 is 0 Å². The van der Waals surface area contributed by atoms with Gasteiger partial charge in [-0.3, -0.25) is 9.59 Å². The van der Waals surface area contributed by atoms with Crippen molar-refractivity contribution in [1.82, 2.24) is 4.72 Å². The van der Waals surface area contributed by atoms with Gasteiger partial charge in [0.2, 0.25) is 5.91 Å². The Bertz CT molecular complexity index is 1160. The maximum atomic E-state index is 12.8. The summed E-state index contributed by atoms with van der Waals surface area (Å²) in [6.45, 7) is 2.17. The van der Waals surface area contributed by atoms with Crippen molar-refractivity contribution in [1.29, 1.82) is 0 Å². The highest BCUT2D eigenvalue weighted by Gasteiger charge is 2.22. The fourth-order valence-corrected chi connectivity index (χ4v) is 4.55. The van der Waals surface area contributed by atoms with Crippen LogP contribution in [-0.2, 0) is 21.4 Å². The Morgan fingerprint density at radius 1 is 1.03 bits per heavy atom. The van der Waals surface area contributed by atoms with Crippen molar-refractivity contribution in [2.75, 3.05) is 5.32 Å². The maximum Gasteiger partial charge on any atom is 0.266 e. The van der Waals surface area contributed by atoms with Gasteiger partial charge in [-0.1, -0.05) is 31.2 Å². The van der Waals surface area contributed by atoms with Gasteiger partial charge < -0.3 is 10.1 Å². The van der Waals surface area contributed by atoms with Crippen LogP contribution >= 0.6 is 11.3 Å². The molecule has 0 unspecified atom stereocenters. The number of thiophene rings is 1. The molecule has 0 aliphatic heterocycles. The molecule has 0 radical (unpaired) electrons. The lowest BCUT2D eigenvalue weighted by Crippen LogP contribution is -2.31. The Kier molecular flexibility index (Phi) is 7.43. The third-order valence-corrected chi connectivity index (χ3v) is 6.49. The van der Waals surface area contributed by atoms with Gasteiger partial charge in [0.05, 0.1) is 5.69 Å². The highest BCUT2D eigenvalue weighted by atomic mass is 32.2. The van der Waals surface area contributed by atoms with E-state index in [1.54, 1.807) is 48.6 Å². The fourth-order valence-electron chi connectivity index (χ4n) is 2.76. The fraction of sp³-hybridized carbons (Fsp3) is 0.182. The van der Waals surface area contributed by atoms with Gasteiger partial charge >= 0.3 is 0 Å². The summed E-state index contributed by atoms with van der Waals surface area (Å²) in [6.07, 6.45) is 0.608. The van der Waals surface area contributed by atoms with Gasteiger partial charge in [0.15, 0.2) is 0 Å². The molecular weight excluding hydrogens is 436 g/mol. The van der Waals surface area contributed by atoms with Crippen LogP contribution in [0, 0.1) is 0 Å². The van der Waals surface area contributed by atoms with Gasteiger partial charge in [0.25, 0.3) is 15.9 Å². The van der Waals surface area contributed by atoms with Crippen molar-refractivity contribution < 1.29 is 22.7 Å². The minimum absolute atomic E-state index is 0.0780. The number of amides is 2. The summed E-state index contributed by atoms with van der Waals surface area (Å²) in [4.78, 5) is 25.4. The number of ether oxygens (including phenoxy) is 1. The zero-order valence-electron chi connectivity index (χ0n) is 16.8. The summed E-state index contributed by atoms with van der Waals surface area (Å²) in [6, 6.07) is 16.4. The molecular formula is C22H22N2O5S2. The van der Waals surface area contributed by atoms with Crippen molar-refractivity contribution in [3.8, 4) is 5.75 Å². The molecule has 3 rings (SSSR count). The van der Waals surface area contributed by atoms with Crippen LogP contribution in [0.5, 0.6) is 5.75 Å². The van der Waals surface area contributed by atoms with Crippen molar-refractivity contribution >= 4 is 38.9 Å². The number of anilines is 1. The molecule has 2 N–H and O–H groups in total. The van der Waals surface area contributed by atoms with E-state index in [0.717, 1.165) is 4.88 Å². The van der Waals surface area contributed by atoms with Crippen molar-refractivity contribution in [3.63, 3.8) is 0 Å². The normalized spacial score (nSPS) is 11.0. The molecule has 7 nitrogen and oxygen atoms in total. The molecule has 0 bridgehead atoms. The molecule has 3 aromatic rings. The van der Waals surface area contributed by atoms with Gasteiger partial charge in [-0.05, 0) is 48.2 Å². The Morgan fingerprint density at radius 3 is 2.58 bits per heavy atom. The first-order valence-corrected chi connectivity index (χ1v) is 12.0. The van der Waals surface area contributed by atoms with E-state index in [2.05, 4.69) is 5.32 Å². The first-order valence-electron chi connectivity index (χ1n) is 9.60. The van der Waals surface area contributed by atoms with Crippen LogP contribution in [0.15, 0.2) is 70.9 Å². The molecule has 0 saturated carbocycles. The number of nitrogens with one attached hydrogen (secondary N) is 2. The standard InChI is InChI=1S/C22H22N2O5S2/c1-2-7-21(25)24-31(27,28)20-12-4-3-11-19(20)23-22(26)16-8-5-9-17(14-16)29-15-18-10-6-13-30-18/h3-6,8-14H,2,7,15H2,1H3,(H,23,26)(H,24,25). The van der Waals surface area contributed by atoms with Crippen LogP contribution < -0.4 is 14.8 Å². The molecule has 2 amide bonds. The smallest absolute Gasteiger partial charge is 0.266 e. The third kappa shape index (κ3) is 6.16. The summed E-state index contributed by atoms with van der Waals surface area (Å²) >= 11 is 1.57. The predicted molar refractivity (Wildman–Crippen MR) is 120 cm³/mol. The average Bonchev–Trinajstić information content (AvgIpc) is 3.26. The Morgan fingerprint density at radius 2 is 1.84 bits per heavy atom. The molecule has 31 heavy (non-hydrogen) atoms. The van der Waals surface area contributed by atoms with Crippen LogP contribution in [0.3, 0.4) is 0 Å². The predicted octanol–water partition coefficient (Wildman–Crippen LogP) is 4.18. The number of hydrogen-bond acceptors (Lipinski definition) is 6. The first kappa shape index (κ1) is 22.5. The van der Waals surface area contributed by atoms with E-state index in [0.29, 0.717) is 24.3 Å². The molecule has 162 valence electrons. The zero-order chi connectivity index (χ0) is 22.3. The molecule has 1 heterocycles. The number of para-hydroxylation sites is 1. The average molecular weight is 459 g/mol. The van der Waals surface area contributed by atoms with E-state index in [9.17, 15) is 18.0 Å². The second kappa shape index (κ2) is 10.2. The highest BCUT2D eigenvalue weighted by Crippen LogP contribution is 2.23. The number of hydrogen-bond donors (Lipinski definition) is 2. The van der Waals surface area contributed by atoms with E-state index in [1.807, 2.05) is 22.2 Å². The molecule has 0 spiro atoms. The zero-order valence-corrected chi connectivity index (χ0v) is 18.5. The second-order valence-electron chi connectivity index (χ2n) is 6.62. The van der Waals surface area contributed by atoms with Crippen molar-refractivity contribution in [3.05, 3.63) is 76.5 Å².